The van der Waals surface area contributed by atoms with Crippen molar-refractivity contribution in [2.75, 3.05) is 13.1 Å². The van der Waals surface area contributed by atoms with Crippen LogP contribution in [0.25, 0.3) is 0 Å². The summed E-state index contributed by atoms with van der Waals surface area (Å²) in [5, 5.41) is 9.08. The van der Waals surface area contributed by atoms with Crippen molar-refractivity contribution in [3.8, 4) is 0 Å². The number of hydrogen-bond donors (Lipinski definition) is 1. The van der Waals surface area contributed by atoms with E-state index in [1.807, 2.05) is 30.3 Å². The van der Waals surface area contributed by atoms with Gasteiger partial charge in [-0.3, -0.25) is 4.79 Å². The van der Waals surface area contributed by atoms with E-state index in [1.165, 1.54) is 0 Å². The number of ether oxygens (including phenoxy) is 1. The molecule has 1 heterocycles. The highest BCUT2D eigenvalue weighted by atomic mass is 16.6. The third-order valence-corrected chi connectivity index (χ3v) is 4.44. The highest BCUT2D eigenvalue weighted by Gasteiger charge is 2.59. The van der Waals surface area contributed by atoms with E-state index in [9.17, 15) is 9.59 Å². The summed E-state index contributed by atoms with van der Waals surface area (Å²) in [5.41, 5.74) is 0.764. The highest BCUT2D eigenvalue weighted by molar-refractivity contribution is 5.75. The van der Waals surface area contributed by atoms with E-state index in [0.717, 1.165) is 18.4 Å². The van der Waals surface area contributed by atoms with Crippen LogP contribution in [0.5, 0.6) is 0 Å². The molecule has 1 spiro atoms. The molecule has 2 fully saturated rings. The predicted molar refractivity (Wildman–Crippen MR) is 71.0 cm³/mol. The molecule has 1 amide bonds. The van der Waals surface area contributed by atoms with E-state index < -0.39 is 5.97 Å². The van der Waals surface area contributed by atoms with Gasteiger partial charge in [-0.1, -0.05) is 30.3 Å². The van der Waals surface area contributed by atoms with Gasteiger partial charge in [0, 0.05) is 18.5 Å². The van der Waals surface area contributed by atoms with Crippen LogP contribution in [0.2, 0.25) is 0 Å². The molecule has 1 N–H and O–H groups in total. The second kappa shape index (κ2) is 4.81. The smallest absolute Gasteiger partial charge is 0.410 e. The maximum absolute atomic E-state index is 11.9. The molecule has 5 heteroatoms. The SMILES string of the molecule is O=C(O)C1CCC12CN(C(=O)OCc1ccccc1)C2. The number of aliphatic carboxylic acids is 1. The number of likely N-dealkylation sites (tertiary alicyclic amines) is 1. The van der Waals surface area contributed by atoms with Gasteiger partial charge in [0.1, 0.15) is 6.61 Å². The van der Waals surface area contributed by atoms with Gasteiger partial charge in [-0.25, -0.2) is 4.79 Å². The fraction of sp³-hybridized carbons (Fsp3) is 0.467. The van der Waals surface area contributed by atoms with E-state index in [0.29, 0.717) is 13.1 Å². The monoisotopic (exact) mass is 275 g/mol. The Bertz CT molecular complexity index is 522. The molecule has 1 aliphatic heterocycles. The first-order valence-corrected chi connectivity index (χ1v) is 6.79. The number of carboxylic acid groups (broad SMARTS) is 1. The molecular formula is C15H17NO4. The zero-order valence-electron chi connectivity index (χ0n) is 11.1. The Morgan fingerprint density at radius 3 is 2.55 bits per heavy atom. The van der Waals surface area contributed by atoms with Gasteiger partial charge in [0.15, 0.2) is 0 Å². The van der Waals surface area contributed by atoms with E-state index >= 15 is 0 Å². The zero-order valence-corrected chi connectivity index (χ0v) is 11.1. The van der Waals surface area contributed by atoms with Crippen LogP contribution in [-0.2, 0) is 16.1 Å². The van der Waals surface area contributed by atoms with E-state index in [-0.39, 0.29) is 24.0 Å². The lowest BCUT2D eigenvalue weighted by Crippen LogP contribution is -2.67. The van der Waals surface area contributed by atoms with Crippen LogP contribution >= 0.6 is 0 Å². The third kappa shape index (κ3) is 2.13. The fourth-order valence-corrected chi connectivity index (χ4v) is 3.11. The minimum Gasteiger partial charge on any atom is -0.481 e. The third-order valence-electron chi connectivity index (χ3n) is 4.44. The Kier molecular flexibility index (Phi) is 3.12. The average molecular weight is 275 g/mol. The summed E-state index contributed by atoms with van der Waals surface area (Å²) in [4.78, 5) is 24.5. The largest absolute Gasteiger partial charge is 0.481 e. The highest BCUT2D eigenvalue weighted by Crippen LogP contribution is 2.53. The van der Waals surface area contributed by atoms with Crippen LogP contribution in [0.1, 0.15) is 18.4 Å². The molecule has 3 rings (SSSR count). The van der Waals surface area contributed by atoms with E-state index in [1.54, 1.807) is 4.90 Å². The number of carbonyl (C=O) groups excluding carboxylic acids is 1. The number of hydrogen-bond acceptors (Lipinski definition) is 3. The summed E-state index contributed by atoms with van der Waals surface area (Å²) in [6, 6.07) is 9.50. The van der Waals surface area contributed by atoms with Crippen LogP contribution < -0.4 is 0 Å². The minimum absolute atomic E-state index is 0.183. The summed E-state index contributed by atoms with van der Waals surface area (Å²) >= 11 is 0. The normalized spacial score (nSPS) is 22.8. The first-order chi connectivity index (χ1) is 9.61. The summed E-state index contributed by atoms with van der Waals surface area (Å²) in [7, 11) is 0. The molecule has 1 atom stereocenters. The molecule has 0 aromatic heterocycles. The molecule has 1 saturated carbocycles. The first-order valence-electron chi connectivity index (χ1n) is 6.79. The van der Waals surface area contributed by atoms with Crippen molar-refractivity contribution in [1.82, 2.24) is 4.90 Å². The maximum Gasteiger partial charge on any atom is 0.410 e. The van der Waals surface area contributed by atoms with Crippen molar-refractivity contribution in [3.05, 3.63) is 35.9 Å². The van der Waals surface area contributed by atoms with Gasteiger partial charge in [0.25, 0.3) is 0 Å². The second-order valence-corrected chi connectivity index (χ2v) is 5.69. The predicted octanol–water partition coefficient (Wildman–Crippen LogP) is 2.12. The minimum atomic E-state index is -0.742. The summed E-state index contributed by atoms with van der Waals surface area (Å²) < 4.78 is 5.23. The van der Waals surface area contributed by atoms with Crippen molar-refractivity contribution in [1.29, 1.82) is 0 Å². The quantitative estimate of drug-likeness (QED) is 0.917. The van der Waals surface area contributed by atoms with Crippen molar-refractivity contribution >= 4 is 12.1 Å². The summed E-state index contributed by atoms with van der Waals surface area (Å²) in [6.45, 7) is 1.28. The Balaban J connectivity index is 1.48. The molecule has 1 aromatic rings. The van der Waals surface area contributed by atoms with Gasteiger partial charge in [-0.05, 0) is 18.4 Å². The Hall–Kier alpha value is -2.04. The van der Waals surface area contributed by atoms with Gasteiger partial charge in [-0.15, -0.1) is 0 Å². The molecule has 20 heavy (non-hydrogen) atoms. The van der Waals surface area contributed by atoms with Crippen LogP contribution in [0.15, 0.2) is 30.3 Å². The Labute approximate surface area is 117 Å². The number of carbonyl (C=O) groups is 2. The number of nitrogens with zero attached hydrogens (tertiary/aromatic N) is 1. The molecule has 1 unspecified atom stereocenters. The molecule has 1 aliphatic carbocycles. The van der Waals surface area contributed by atoms with Gasteiger partial charge < -0.3 is 14.7 Å². The molecule has 1 saturated heterocycles. The van der Waals surface area contributed by atoms with Crippen LogP contribution in [0, 0.1) is 11.3 Å². The number of benzene rings is 1. The molecule has 0 bridgehead atoms. The van der Waals surface area contributed by atoms with Crippen molar-refractivity contribution in [3.63, 3.8) is 0 Å². The second-order valence-electron chi connectivity index (χ2n) is 5.69. The summed E-state index contributed by atoms with van der Waals surface area (Å²) in [5.74, 6) is -1.03. The summed E-state index contributed by atoms with van der Waals surface area (Å²) in [6.07, 6.45) is 1.27. The van der Waals surface area contributed by atoms with Crippen LogP contribution in [0.4, 0.5) is 4.79 Å². The number of rotatable bonds is 3. The van der Waals surface area contributed by atoms with Gasteiger partial charge in [0.2, 0.25) is 0 Å². The molecular weight excluding hydrogens is 258 g/mol. The molecule has 2 aliphatic rings. The topological polar surface area (TPSA) is 66.8 Å². The van der Waals surface area contributed by atoms with Crippen LogP contribution in [0.3, 0.4) is 0 Å². The lowest BCUT2D eigenvalue weighted by atomic mass is 9.56. The van der Waals surface area contributed by atoms with E-state index in [2.05, 4.69) is 0 Å². The average Bonchev–Trinajstić information content (AvgIpc) is 2.34. The molecule has 0 radical (unpaired) electrons. The van der Waals surface area contributed by atoms with Crippen LogP contribution in [-0.4, -0.2) is 35.2 Å². The standard InChI is InChI=1S/C15H17NO4/c17-13(18)12-6-7-15(12)9-16(10-15)14(19)20-8-11-4-2-1-3-5-11/h1-5,12H,6-10H2,(H,17,18). The first kappa shape index (κ1) is 13.0. The van der Waals surface area contributed by atoms with Gasteiger partial charge >= 0.3 is 12.1 Å². The van der Waals surface area contributed by atoms with Crippen molar-refractivity contribution in [2.24, 2.45) is 11.3 Å². The zero-order chi connectivity index (χ0) is 14.2. The lowest BCUT2D eigenvalue weighted by Gasteiger charge is -2.58. The van der Waals surface area contributed by atoms with Gasteiger partial charge in [0.05, 0.1) is 5.92 Å². The fourth-order valence-electron chi connectivity index (χ4n) is 3.11. The lowest BCUT2D eigenvalue weighted by molar-refractivity contribution is -0.168. The molecule has 106 valence electrons. The Morgan fingerprint density at radius 1 is 1.30 bits per heavy atom. The van der Waals surface area contributed by atoms with Crippen molar-refractivity contribution in [2.45, 2.75) is 19.4 Å². The number of carboxylic acids is 1. The Morgan fingerprint density at radius 2 is 2.00 bits per heavy atom. The van der Waals surface area contributed by atoms with Crippen molar-refractivity contribution < 1.29 is 19.4 Å². The van der Waals surface area contributed by atoms with Gasteiger partial charge in [-0.2, -0.15) is 0 Å². The van der Waals surface area contributed by atoms with E-state index in [4.69, 9.17) is 9.84 Å². The maximum atomic E-state index is 11.9. The molecule has 1 aromatic carbocycles. The number of amides is 1. The molecule has 5 nitrogen and oxygen atoms in total.